The van der Waals surface area contributed by atoms with Gasteiger partial charge in [-0.25, -0.2) is 0 Å². The fraction of sp³-hybridized carbons (Fsp3) is 0.800. The predicted molar refractivity (Wildman–Crippen MR) is 73.2 cm³/mol. The van der Waals surface area contributed by atoms with Crippen LogP contribution in [0.15, 0.2) is 12.4 Å². The van der Waals surface area contributed by atoms with E-state index in [2.05, 4.69) is 25.9 Å². The molecule has 3 heteroatoms. The molecule has 1 saturated carbocycles. The molecule has 0 radical (unpaired) electrons. The molecule has 0 bridgehead atoms. The molecule has 2 unspecified atom stereocenters. The second kappa shape index (κ2) is 5.43. The van der Waals surface area contributed by atoms with Crippen LogP contribution in [-0.4, -0.2) is 14.9 Å². The second-order valence-corrected chi connectivity index (χ2v) is 6.05. The third kappa shape index (κ3) is 2.77. The number of hydrogen-bond acceptors (Lipinski definition) is 2. The predicted octanol–water partition coefficient (Wildman–Crippen LogP) is 3.33. The first-order valence-electron chi connectivity index (χ1n) is 7.30. The monoisotopic (exact) mass is 250 g/mol. The van der Waals surface area contributed by atoms with Crippen molar-refractivity contribution >= 4 is 0 Å². The third-order valence-electron chi connectivity index (χ3n) is 4.53. The summed E-state index contributed by atoms with van der Waals surface area (Å²) in [6.07, 6.45) is 9.12. The standard InChI is InChI=1S/C15H26N2O/c1-4-17-11-14(10-16-17)15(18)8-5-6-13(7-9-15)12(2)3/h10-13,18H,4-9H2,1-3H3. The van der Waals surface area contributed by atoms with Gasteiger partial charge in [0.25, 0.3) is 0 Å². The molecule has 0 spiro atoms. The number of rotatable bonds is 3. The van der Waals surface area contributed by atoms with E-state index in [1.807, 2.05) is 17.1 Å². The van der Waals surface area contributed by atoms with Gasteiger partial charge in [-0.05, 0) is 44.4 Å². The average molecular weight is 250 g/mol. The van der Waals surface area contributed by atoms with Crippen molar-refractivity contribution < 1.29 is 5.11 Å². The van der Waals surface area contributed by atoms with E-state index in [0.717, 1.165) is 49.6 Å². The van der Waals surface area contributed by atoms with E-state index in [0.29, 0.717) is 0 Å². The van der Waals surface area contributed by atoms with Gasteiger partial charge in [-0.1, -0.05) is 20.3 Å². The fourth-order valence-electron chi connectivity index (χ4n) is 3.08. The normalized spacial score (nSPS) is 29.5. The highest BCUT2D eigenvalue weighted by atomic mass is 16.3. The summed E-state index contributed by atoms with van der Waals surface area (Å²) in [5.41, 5.74) is 0.366. The van der Waals surface area contributed by atoms with Crippen LogP contribution < -0.4 is 0 Å². The number of nitrogens with zero attached hydrogens (tertiary/aromatic N) is 2. The lowest BCUT2D eigenvalue weighted by atomic mass is 9.86. The van der Waals surface area contributed by atoms with Gasteiger partial charge in [0.05, 0.1) is 11.8 Å². The largest absolute Gasteiger partial charge is 0.385 e. The van der Waals surface area contributed by atoms with Crippen LogP contribution in [0.25, 0.3) is 0 Å². The molecule has 1 heterocycles. The molecule has 2 atom stereocenters. The van der Waals surface area contributed by atoms with E-state index < -0.39 is 5.60 Å². The lowest BCUT2D eigenvalue weighted by Gasteiger charge is -2.25. The van der Waals surface area contributed by atoms with Crippen LogP contribution in [-0.2, 0) is 12.1 Å². The molecule has 1 aliphatic rings. The van der Waals surface area contributed by atoms with Crippen molar-refractivity contribution in [1.82, 2.24) is 9.78 Å². The van der Waals surface area contributed by atoms with Crippen LogP contribution >= 0.6 is 0 Å². The average Bonchev–Trinajstić information content (AvgIpc) is 2.74. The Morgan fingerprint density at radius 1 is 1.44 bits per heavy atom. The van der Waals surface area contributed by atoms with Gasteiger partial charge in [-0.2, -0.15) is 5.10 Å². The van der Waals surface area contributed by atoms with Gasteiger partial charge in [-0.3, -0.25) is 4.68 Å². The van der Waals surface area contributed by atoms with Crippen molar-refractivity contribution in [3.05, 3.63) is 18.0 Å². The van der Waals surface area contributed by atoms with Gasteiger partial charge in [0.15, 0.2) is 0 Å². The zero-order valence-corrected chi connectivity index (χ0v) is 11.9. The van der Waals surface area contributed by atoms with Crippen molar-refractivity contribution in [1.29, 1.82) is 0 Å². The number of hydrogen-bond donors (Lipinski definition) is 1. The summed E-state index contributed by atoms with van der Waals surface area (Å²) < 4.78 is 1.90. The second-order valence-electron chi connectivity index (χ2n) is 6.05. The Balaban J connectivity index is 2.11. The zero-order valence-electron chi connectivity index (χ0n) is 11.9. The van der Waals surface area contributed by atoms with Gasteiger partial charge >= 0.3 is 0 Å². The minimum Gasteiger partial charge on any atom is -0.385 e. The van der Waals surface area contributed by atoms with Crippen molar-refractivity contribution in [2.75, 3.05) is 0 Å². The van der Waals surface area contributed by atoms with Crippen molar-refractivity contribution in [2.45, 2.75) is 65.0 Å². The maximum Gasteiger partial charge on any atom is 0.0927 e. The van der Waals surface area contributed by atoms with E-state index in [-0.39, 0.29) is 0 Å². The number of aromatic nitrogens is 2. The van der Waals surface area contributed by atoms with Crippen LogP contribution in [0.1, 0.15) is 58.4 Å². The van der Waals surface area contributed by atoms with Gasteiger partial charge in [0, 0.05) is 18.3 Å². The highest BCUT2D eigenvalue weighted by Gasteiger charge is 2.34. The molecule has 1 N–H and O–H groups in total. The number of aliphatic hydroxyl groups is 1. The van der Waals surface area contributed by atoms with Crippen LogP contribution in [0, 0.1) is 11.8 Å². The van der Waals surface area contributed by atoms with E-state index in [1.165, 1.54) is 6.42 Å². The minimum absolute atomic E-state index is 0.642. The Hall–Kier alpha value is -0.830. The smallest absolute Gasteiger partial charge is 0.0927 e. The molecule has 1 fully saturated rings. The summed E-state index contributed by atoms with van der Waals surface area (Å²) in [6, 6.07) is 0. The SMILES string of the molecule is CCn1cc(C2(O)CCCC(C(C)C)CC2)cn1. The molecule has 18 heavy (non-hydrogen) atoms. The molecule has 3 nitrogen and oxygen atoms in total. The molecular formula is C15H26N2O. The molecule has 1 aromatic heterocycles. The Morgan fingerprint density at radius 3 is 2.83 bits per heavy atom. The van der Waals surface area contributed by atoms with E-state index in [4.69, 9.17) is 0 Å². The Bertz CT molecular complexity index is 386. The minimum atomic E-state index is -0.642. The Kier molecular flexibility index (Phi) is 4.10. The lowest BCUT2D eigenvalue weighted by molar-refractivity contribution is 0.0190. The van der Waals surface area contributed by atoms with E-state index in [1.54, 1.807) is 0 Å². The highest BCUT2D eigenvalue weighted by molar-refractivity contribution is 5.15. The van der Waals surface area contributed by atoms with Gasteiger partial charge in [0.2, 0.25) is 0 Å². The molecule has 2 rings (SSSR count). The van der Waals surface area contributed by atoms with Crippen molar-refractivity contribution in [3.63, 3.8) is 0 Å². The molecule has 0 aliphatic heterocycles. The Labute approximate surface area is 110 Å². The lowest BCUT2D eigenvalue weighted by Crippen LogP contribution is -2.24. The van der Waals surface area contributed by atoms with Crippen LogP contribution in [0.3, 0.4) is 0 Å². The highest BCUT2D eigenvalue weighted by Crippen LogP contribution is 2.39. The maximum absolute atomic E-state index is 10.9. The van der Waals surface area contributed by atoms with E-state index >= 15 is 0 Å². The quantitative estimate of drug-likeness (QED) is 0.836. The summed E-state index contributed by atoms with van der Waals surface area (Å²) >= 11 is 0. The summed E-state index contributed by atoms with van der Waals surface area (Å²) in [7, 11) is 0. The van der Waals surface area contributed by atoms with E-state index in [9.17, 15) is 5.11 Å². The molecule has 102 valence electrons. The summed E-state index contributed by atoms with van der Waals surface area (Å²) in [5.74, 6) is 1.49. The molecule has 1 aliphatic carbocycles. The molecule has 0 aromatic carbocycles. The maximum atomic E-state index is 10.9. The molecule has 0 amide bonds. The molecule has 0 saturated heterocycles. The zero-order chi connectivity index (χ0) is 13.2. The third-order valence-corrected chi connectivity index (χ3v) is 4.53. The summed E-state index contributed by atoms with van der Waals surface area (Å²) in [4.78, 5) is 0. The van der Waals surface area contributed by atoms with Gasteiger partial charge < -0.3 is 5.11 Å². The topological polar surface area (TPSA) is 38.0 Å². The summed E-state index contributed by atoms with van der Waals surface area (Å²) in [6.45, 7) is 7.53. The van der Waals surface area contributed by atoms with Gasteiger partial charge in [0.1, 0.15) is 0 Å². The first kappa shape index (κ1) is 13.6. The first-order valence-corrected chi connectivity index (χ1v) is 7.30. The molecule has 1 aromatic rings. The summed E-state index contributed by atoms with van der Waals surface area (Å²) in [5, 5.41) is 15.2. The molecular weight excluding hydrogens is 224 g/mol. The first-order chi connectivity index (χ1) is 8.55. The van der Waals surface area contributed by atoms with Crippen LogP contribution in [0.5, 0.6) is 0 Å². The van der Waals surface area contributed by atoms with Gasteiger partial charge in [-0.15, -0.1) is 0 Å². The Morgan fingerprint density at radius 2 is 2.22 bits per heavy atom. The fourth-order valence-corrected chi connectivity index (χ4v) is 3.08. The number of aryl methyl sites for hydroxylation is 1. The van der Waals surface area contributed by atoms with Crippen LogP contribution in [0.4, 0.5) is 0 Å². The van der Waals surface area contributed by atoms with Crippen LogP contribution in [0.2, 0.25) is 0 Å². The van der Waals surface area contributed by atoms with Crippen molar-refractivity contribution in [3.8, 4) is 0 Å². The van der Waals surface area contributed by atoms with Crippen molar-refractivity contribution in [2.24, 2.45) is 11.8 Å².